The number of benzene rings is 1. The molecule has 1 aromatic rings. The fourth-order valence-electron chi connectivity index (χ4n) is 3.05. The van der Waals surface area contributed by atoms with Gasteiger partial charge in [-0.15, -0.1) is 0 Å². The van der Waals surface area contributed by atoms with Crippen molar-refractivity contribution < 1.29 is 9.90 Å². The van der Waals surface area contributed by atoms with Crippen LogP contribution in [0.25, 0.3) is 0 Å². The Bertz CT molecular complexity index is 550. The van der Waals surface area contributed by atoms with E-state index in [1.165, 1.54) is 0 Å². The van der Waals surface area contributed by atoms with Crippen molar-refractivity contribution in [2.45, 2.75) is 38.3 Å². The van der Waals surface area contributed by atoms with E-state index in [4.69, 9.17) is 11.6 Å². The minimum atomic E-state index is -0.704. The van der Waals surface area contributed by atoms with Crippen LogP contribution < -0.4 is 0 Å². The van der Waals surface area contributed by atoms with Crippen LogP contribution in [0.5, 0.6) is 0 Å². The van der Waals surface area contributed by atoms with Crippen LogP contribution in [-0.4, -0.2) is 28.7 Å². The van der Waals surface area contributed by atoms with Crippen LogP contribution in [0.15, 0.2) is 35.4 Å². The first kappa shape index (κ1) is 13.7. The summed E-state index contributed by atoms with van der Waals surface area (Å²) in [6.45, 7) is 0.550. The molecule has 1 amide bonds. The summed E-state index contributed by atoms with van der Waals surface area (Å²) in [5.41, 5.74) is 2.94. The topological polar surface area (TPSA) is 40.5 Å². The van der Waals surface area contributed by atoms with Crippen molar-refractivity contribution in [3.63, 3.8) is 0 Å². The second kappa shape index (κ2) is 5.58. The van der Waals surface area contributed by atoms with Crippen molar-refractivity contribution in [1.82, 2.24) is 4.90 Å². The number of hydrogen-bond donors (Lipinski definition) is 1. The lowest BCUT2D eigenvalue weighted by Crippen LogP contribution is -2.37. The molecule has 0 fully saturated rings. The lowest BCUT2D eigenvalue weighted by molar-refractivity contribution is -0.131. The molecule has 1 N–H and O–H groups in total. The van der Waals surface area contributed by atoms with Crippen molar-refractivity contribution in [3.8, 4) is 0 Å². The van der Waals surface area contributed by atoms with E-state index in [9.17, 15) is 9.90 Å². The summed E-state index contributed by atoms with van der Waals surface area (Å²) in [6, 6.07) is 7.62. The highest BCUT2D eigenvalue weighted by Crippen LogP contribution is 2.35. The molecule has 4 heteroatoms. The Kier molecular flexibility index (Phi) is 3.81. The fraction of sp³-hybridized carbons (Fsp3) is 0.438. The molecule has 1 aromatic carbocycles. The van der Waals surface area contributed by atoms with Gasteiger partial charge in [-0.25, -0.2) is 0 Å². The van der Waals surface area contributed by atoms with Gasteiger partial charge >= 0.3 is 0 Å². The van der Waals surface area contributed by atoms with Crippen molar-refractivity contribution >= 4 is 17.5 Å². The predicted molar refractivity (Wildman–Crippen MR) is 78.4 cm³/mol. The van der Waals surface area contributed by atoms with E-state index in [2.05, 4.69) is 0 Å². The first-order chi connectivity index (χ1) is 9.66. The maximum absolute atomic E-state index is 12.3. The third-order valence-corrected chi connectivity index (χ3v) is 4.44. The number of rotatable bonds is 3. The van der Waals surface area contributed by atoms with Gasteiger partial charge in [-0.2, -0.15) is 0 Å². The van der Waals surface area contributed by atoms with Crippen molar-refractivity contribution in [2.75, 3.05) is 6.54 Å². The summed E-state index contributed by atoms with van der Waals surface area (Å²) in [5.74, 6) is 0.0289. The third-order valence-electron chi connectivity index (χ3n) is 4.19. The number of halogens is 1. The van der Waals surface area contributed by atoms with Crippen LogP contribution in [0.4, 0.5) is 0 Å². The molecule has 1 atom stereocenters. The van der Waals surface area contributed by atoms with E-state index in [1.54, 1.807) is 4.90 Å². The SMILES string of the molecule is O=C1C2=C(CCCC2)[C@@H](O)N1CCc1ccc(Cl)cc1. The fourth-order valence-corrected chi connectivity index (χ4v) is 3.18. The molecular weight excluding hydrogens is 274 g/mol. The van der Waals surface area contributed by atoms with E-state index >= 15 is 0 Å². The molecule has 0 aromatic heterocycles. The third kappa shape index (κ3) is 2.48. The molecule has 1 aliphatic carbocycles. The van der Waals surface area contributed by atoms with Gasteiger partial charge in [0, 0.05) is 17.1 Å². The van der Waals surface area contributed by atoms with Gasteiger partial charge in [0.15, 0.2) is 6.23 Å². The molecule has 3 nitrogen and oxygen atoms in total. The molecule has 2 aliphatic rings. The summed E-state index contributed by atoms with van der Waals surface area (Å²) in [5, 5.41) is 11.0. The van der Waals surface area contributed by atoms with E-state index in [0.717, 1.165) is 48.8 Å². The van der Waals surface area contributed by atoms with Crippen LogP contribution in [-0.2, 0) is 11.2 Å². The van der Waals surface area contributed by atoms with E-state index < -0.39 is 6.23 Å². The van der Waals surface area contributed by atoms with Gasteiger partial charge < -0.3 is 10.0 Å². The summed E-state index contributed by atoms with van der Waals surface area (Å²) < 4.78 is 0. The highest BCUT2D eigenvalue weighted by Gasteiger charge is 2.38. The van der Waals surface area contributed by atoms with Crippen LogP contribution in [0.3, 0.4) is 0 Å². The van der Waals surface area contributed by atoms with Crippen molar-refractivity contribution in [3.05, 3.63) is 46.0 Å². The number of hydrogen-bond acceptors (Lipinski definition) is 2. The number of aliphatic hydroxyl groups is 1. The first-order valence-corrected chi connectivity index (χ1v) is 7.50. The Morgan fingerprint density at radius 2 is 1.90 bits per heavy atom. The Morgan fingerprint density at radius 1 is 1.20 bits per heavy atom. The van der Waals surface area contributed by atoms with Gasteiger partial charge in [0.1, 0.15) is 0 Å². The Hall–Kier alpha value is -1.32. The van der Waals surface area contributed by atoms with E-state index in [-0.39, 0.29) is 5.91 Å². The van der Waals surface area contributed by atoms with Crippen LogP contribution >= 0.6 is 11.6 Å². The summed E-state index contributed by atoms with van der Waals surface area (Å²) in [4.78, 5) is 13.9. The minimum absolute atomic E-state index is 0.0289. The van der Waals surface area contributed by atoms with Gasteiger partial charge in [0.05, 0.1) is 0 Å². The average Bonchev–Trinajstić information content (AvgIpc) is 2.71. The predicted octanol–water partition coefficient (Wildman–Crippen LogP) is 2.91. The molecule has 0 radical (unpaired) electrons. The van der Waals surface area contributed by atoms with Gasteiger partial charge in [0.2, 0.25) is 0 Å². The summed E-state index contributed by atoms with van der Waals surface area (Å²) >= 11 is 5.86. The van der Waals surface area contributed by atoms with Gasteiger partial charge in [-0.1, -0.05) is 23.7 Å². The standard InChI is InChI=1S/C16H18ClNO2/c17-12-7-5-11(6-8-12)9-10-18-15(19)13-3-1-2-4-14(13)16(18)20/h5-8,15,19H,1-4,9-10H2/t15-/m1/s1. The van der Waals surface area contributed by atoms with Gasteiger partial charge in [0.25, 0.3) is 5.91 Å². The second-order valence-electron chi connectivity index (χ2n) is 5.46. The highest BCUT2D eigenvalue weighted by molar-refractivity contribution is 6.30. The maximum atomic E-state index is 12.3. The van der Waals surface area contributed by atoms with Gasteiger partial charge in [-0.05, 0) is 55.4 Å². The Balaban J connectivity index is 1.67. The molecule has 0 bridgehead atoms. The van der Waals surface area contributed by atoms with E-state index in [1.807, 2.05) is 24.3 Å². The molecule has 3 rings (SSSR count). The molecule has 20 heavy (non-hydrogen) atoms. The summed E-state index contributed by atoms with van der Waals surface area (Å²) in [7, 11) is 0. The normalized spacial score (nSPS) is 22.4. The van der Waals surface area contributed by atoms with Crippen LogP contribution in [0, 0.1) is 0 Å². The van der Waals surface area contributed by atoms with Crippen LogP contribution in [0.1, 0.15) is 31.2 Å². The lowest BCUT2D eigenvalue weighted by atomic mass is 9.93. The van der Waals surface area contributed by atoms with Crippen LogP contribution in [0.2, 0.25) is 5.02 Å². The average molecular weight is 292 g/mol. The Morgan fingerprint density at radius 3 is 2.60 bits per heavy atom. The maximum Gasteiger partial charge on any atom is 0.252 e. The molecule has 1 aliphatic heterocycles. The first-order valence-electron chi connectivity index (χ1n) is 7.12. The molecule has 0 saturated carbocycles. The van der Waals surface area contributed by atoms with Crippen molar-refractivity contribution in [1.29, 1.82) is 0 Å². The summed E-state index contributed by atoms with van der Waals surface area (Å²) in [6.07, 6.45) is 3.85. The molecule has 106 valence electrons. The number of aliphatic hydroxyl groups excluding tert-OH is 1. The molecule has 0 spiro atoms. The molecular formula is C16H18ClNO2. The van der Waals surface area contributed by atoms with Gasteiger partial charge in [-0.3, -0.25) is 4.79 Å². The van der Waals surface area contributed by atoms with Crippen molar-refractivity contribution in [2.24, 2.45) is 0 Å². The number of nitrogens with zero attached hydrogens (tertiary/aromatic N) is 1. The number of carbonyl (C=O) groups is 1. The highest BCUT2D eigenvalue weighted by atomic mass is 35.5. The molecule has 0 unspecified atom stereocenters. The Labute approximate surface area is 123 Å². The monoisotopic (exact) mass is 291 g/mol. The molecule has 1 heterocycles. The minimum Gasteiger partial charge on any atom is -0.369 e. The zero-order valence-electron chi connectivity index (χ0n) is 11.3. The van der Waals surface area contributed by atoms with E-state index in [0.29, 0.717) is 11.6 Å². The molecule has 0 saturated heterocycles. The lowest BCUT2D eigenvalue weighted by Gasteiger charge is -2.22. The largest absolute Gasteiger partial charge is 0.369 e. The second-order valence-corrected chi connectivity index (χ2v) is 5.90. The smallest absolute Gasteiger partial charge is 0.252 e. The zero-order chi connectivity index (χ0) is 14.1. The number of carbonyl (C=O) groups excluding carboxylic acids is 1. The zero-order valence-corrected chi connectivity index (χ0v) is 12.1. The number of amides is 1. The quantitative estimate of drug-likeness (QED) is 0.930.